The lowest BCUT2D eigenvalue weighted by molar-refractivity contribution is 0.112. The zero-order valence-corrected chi connectivity index (χ0v) is 8.58. The van der Waals surface area contributed by atoms with E-state index in [1.807, 2.05) is 25.1 Å². The Morgan fingerprint density at radius 1 is 1.38 bits per heavy atom. The second-order valence-corrected chi connectivity index (χ2v) is 3.64. The molecule has 0 spiro atoms. The number of benzene rings is 1. The standard InChI is InChI=1S/C11H8N4O/c1-7-5-10-12-13-14-15(10)11-8(6-16)3-2-4-9(7)11/h2-6H,1H3. The van der Waals surface area contributed by atoms with Gasteiger partial charge in [-0.25, -0.2) is 0 Å². The van der Waals surface area contributed by atoms with E-state index < -0.39 is 0 Å². The van der Waals surface area contributed by atoms with Crippen LogP contribution >= 0.6 is 0 Å². The molecule has 0 saturated carbocycles. The smallest absolute Gasteiger partial charge is 0.180 e. The highest BCUT2D eigenvalue weighted by Crippen LogP contribution is 2.21. The van der Waals surface area contributed by atoms with E-state index in [1.54, 1.807) is 10.6 Å². The van der Waals surface area contributed by atoms with E-state index >= 15 is 0 Å². The topological polar surface area (TPSA) is 60.1 Å². The highest BCUT2D eigenvalue weighted by atomic mass is 16.1. The van der Waals surface area contributed by atoms with Gasteiger partial charge in [0, 0.05) is 10.9 Å². The van der Waals surface area contributed by atoms with Gasteiger partial charge in [-0.05, 0) is 35.0 Å². The molecule has 3 rings (SSSR count). The van der Waals surface area contributed by atoms with Crippen LogP contribution in [-0.2, 0) is 0 Å². The van der Waals surface area contributed by atoms with Crippen LogP contribution in [0.5, 0.6) is 0 Å². The Kier molecular flexibility index (Phi) is 1.73. The molecule has 16 heavy (non-hydrogen) atoms. The summed E-state index contributed by atoms with van der Waals surface area (Å²) in [4.78, 5) is 11.0. The minimum Gasteiger partial charge on any atom is -0.298 e. The fraction of sp³-hybridized carbons (Fsp3) is 0.0909. The SMILES string of the molecule is Cc1cc2nnnn2c2c(C=O)cccc12. The largest absolute Gasteiger partial charge is 0.298 e. The Balaban J connectivity index is 2.67. The molecule has 3 aromatic rings. The summed E-state index contributed by atoms with van der Waals surface area (Å²) in [6.07, 6.45) is 0.822. The van der Waals surface area contributed by atoms with Crippen molar-refractivity contribution in [1.29, 1.82) is 0 Å². The number of pyridine rings is 1. The lowest BCUT2D eigenvalue weighted by Crippen LogP contribution is -1.97. The monoisotopic (exact) mass is 212 g/mol. The highest BCUT2D eigenvalue weighted by molar-refractivity contribution is 5.98. The van der Waals surface area contributed by atoms with Crippen LogP contribution in [0.1, 0.15) is 15.9 Å². The van der Waals surface area contributed by atoms with Gasteiger partial charge in [0.15, 0.2) is 11.9 Å². The number of carbonyl (C=O) groups excluding carboxylic acids is 1. The van der Waals surface area contributed by atoms with Crippen LogP contribution in [0.3, 0.4) is 0 Å². The average Bonchev–Trinajstić information content (AvgIpc) is 2.76. The molecule has 78 valence electrons. The van der Waals surface area contributed by atoms with Gasteiger partial charge in [-0.3, -0.25) is 4.79 Å². The molecule has 1 aromatic carbocycles. The maximum absolute atomic E-state index is 11.0. The average molecular weight is 212 g/mol. The Labute approximate surface area is 90.7 Å². The normalized spacial score (nSPS) is 11.1. The zero-order chi connectivity index (χ0) is 11.1. The molecule has 2 aromatic heterocycles. The third-order valence-electron chi connectivity index (χ3n) is 2.67. The predicted molar refractivity (Wildman–Crippen MR) is 58.4 cm³/mol. The van der Waals surface area contributed by atoms with Crippen molar-refractivity contribution in [3.8, 4) is 0 Å². The quantitative estimate of drug-likeness (QED) is 0.572. The molecule has 0 N–H and O–H groups in total. The van der Waals surface area contributed by atoms with Gasteiger partial charge in [0.1, 0.15) is 0 Å². The predicted octanol–water partition coefficient (Wildman–Crippen LogP) is 1.40. The summed E-state index contributed by atoms with van der Waals surface area (Å²) < 4.78 is 1.59. The molecule has 2 heterocycles. The van der Waals surface area contributed by atoms with E-state index in [2.05, 4.69) is 15.5 Å². The summed E-state index contributed by atoms with van der Waals surface area (Å²) in [5.41, 5.74) is 3.07. The minimum absolute atomic E-state index is 0.596. The third kappa shape index (κ3) is 1.05. The van der Waals surface area contributed by atoms with Crippen molar-refractivity contribution >= 4 is 22.8 Å². The van der Waals surface area contributed by atoms with Gasteiger partial charge in [-0.15, -0.1) is 5.10 Å². The minimum atomic E-state index is 0.596. The molecule has 0 unspecified atom stereocenters. The van der Waals surface area contributed by atoms with Crippen LogP contribution < -0.4 is 0 Å². The van der Waals surface area contributed by atoms with Crippen LogP contribution in [-0.4, -0.2) is 26.3 Å². The van der Waals surface area contributed by atoms with Crippen LogP contribution in [0.15, 0.2) is 24.3 Å². The zero-order valence-electron chi connectivity index (χ0n) is 8.58. The van der Waals surface area contributed by atoms with Crippen molar-refractivity contribution in [3.63, 3.8) is 0 Å². The molecular formula is C11H8N4O. The number of aromatic nitrogens is 4. The lowest BCUT2D eigenvalue weighted by Gasteiger charge is -2.05. The van der Waals surface area contributed by atoms with E-state index in [-0.39, 0.29) is 0 Å². The first-order valence-corrected chi connectivity index (χ1v) is 4.87. The number of aldehydes is 1. The molecule has 0 radical (unpaired) electrons. The number of fused-ring (bicyclic) bond motifs is 3. The van der Waals surface area contributed by atoms with E-state index in [0.29, 0.717) is 11.2 Å². The van der Waals surface area contributed by atoms with Crippen molar-refractivity contribution in [1.82, 2.24) is 20.0 Å². The van der Waals surface area contributed by atoms with E-state index in [0.717, 1.165) is 22.8 Å². The van der Waals surface area contributed by atoms with Gasteiger partial charge in [-0.1, -0.05) is 12.1 Å². The molecule has 0 aliphatic rings. The van der Waals surface area contributed by atoms with Crippen molar-refractivity contribution in [2.24, 2.45) is 0 Å². The van der Waals surface area contributed by atoms with E-state index in [4.69, 9.17) is 0 Å². The first-order valence-electron chi connectivity index (χ1n) is 4.87. The molecule has 0 fully saturated rings. The van der Waals surface area contributed by atoms with Crippen molar-refractivity contribution in [2.45, 2.75) is 6.92 Å². The molecule has 0 bridgehead atoms. The Hall–Kier alpha value is -2.30. The summed E-state index contributed by atoms with van der Waals surface area (Å²) in [7, 11) is 0. The van der Waals surface area contributed by atoms with Crippen molar-refractivity contribution < 1.29 is 4.79 Å². The fourth-order valence-corrected chi connectivity index (χ4v) is 1.93. The Bertz CT molecular complexity index is 702. The molecule has 0 aliphatic carbocycles. The first kappa shape index (κ1) is 8.96. The number of hydrogen-bond donors (Lipinski definition) is 0. The number of carbonyl (C=O) groups is 1. The third-order valence-corrected chi connectivity index (χ3v) is 2.67. The first-order chi connectivity index (χ1) is 7.81. The Morgan fingerprint density at radius 3 is 3.06 bits per heavy atom. The lowest BCUT2D eigenvalue weighted by atomic mass is 10.1. The van der Waals surface area contributed by atoms with Gasteiger partial charge in [0.25, 0.3) is 0 Å². The highest BCUT2D eigenvalue weighted by Gasteiger charge is 2.09. The van der Waals surface area contributed by atoms with Crippen molar-refractivity contribution in [2.75, 3.05) is 0 Å². The summed E-state index contributed by atoms with van der Waals surface area (Å²) in [6, 6.07) is 7.47. The number of rotatable bonds is 1. The molecule has 0 atom stereocenters. The molecule has 0 saturated heterocycles. The van der Waals surface area contributed by atoms with Gasteiger partial charge >= 0.3 is 0 Å². The van der Waals surface area contributed by atoms with Gasteiger partial charge in [-0.2, -0.15) is 4.52 Å². The second-order valence-electron chi connectivity index (χ2n) is 3.64. The van der Waals surface area contributed by atoms with Gasteiger partial charge < -0.3 is 0 Å². The second kappa shape index (κ2) is 3.10. The number of para-hydroxylation sites is 1. The summed E-state index contributed by atoms with van der Waals surface area (Å²) in [6.45, 7) is 1.98. The van der Waals surface area contributed by atoms with Crippen molar-refractivity contribution in [3.05, 3.63) is 35.4 Å². The van der Waals surface area contributed by atoms with Crippen LogP contribution in [0, 0.1) is 6.92 Å². The van der Waals surface area contributed by atoms with Crippen LogP contribution in [0.4, 0.5) is 0 Å². The van der Waals surface area contributed by atoms with Crippen LogP contribution in [0.2, 0.25) is 0 Å². The fourth-order valence-electron chi connectivity index (χ4n) is 1.93. The maximum atomic E-state index is 11.0. The molecule has 5 nitrogen and oxygen atoms in total. The van der Waals surface area contributed by atoms with Gasteiger partial charge in [0.05, 0.1) is 5.52 Å². The molecular weight excluding hydrogens is 204 g/mol. The number of tetrazole rings is 1. The molecule has 5 heteroatoms. The maximum Gasteiger partial charge on any atom is 0.180 e. The van der Waals surface area contributed by atoms with E-state index in [1.165, 1.54) is 0 Å². The molecule has 0 amide bonds. The number of aryl methyl sites for hydroxylation is 1. The molecule has 0 aliphatic heterocycles. The summed E-state index contributed by atoms with van der Waals surface area (Å²) in [5, 5.41) is 12.4. The number of hydrogen-bond acceptors (Lipinski definition) is 4. The number of nitrogens with zero attached hydrogens (tertiary/aromatic N) is 4. The Morgan fingerprint density at radius 2 is 2.25 bits per heavy atom. The van der Waals surface area contributed by atoms with Crippen LogP contribution in [0.25, 0.3) is 16.6 Å². The summed E-state index contributed by atoms with van der Waals surface area (Å²) >= 11 is 0. The van der Waals surface area contributed by atoms with E-state index in [9.17, 15) is 4.79 Å². The summed E-state index contributed by atoms with van der Waals surface area (Å²) in [5.74, 6) is 0. The van der Waals surface area contributed by atoms with Gasteiger partial charge in [0.2, 0.25) is 0 Å².